The number of anilines is 1. The van der Waals surface area contributed by atoms with E-state index in [-0.39, 0.29) is 0 Å². The van der Waals surface area contributed by atoms with Gasteiger partial charge < -0.3 is 15.2 Å². The van der Waals surface area contributed by atoms with Gasteiger partial charge in [-0.15, -0.1) is 0 Å². The van der Waals surface area contributed by atoms with E-state index in [9.17, 15) is 5.26 Å². The molecule has 0 aliphatic heterocycles. The molecule has 19 heavy (non-hydrogen) atoms. The summed E-state index contributed by atoms with van der Waals surface area (Å²) in [5, 5.41) is 13.5. The molecule has 0 amide bonds. The van der Waals surface area contributed by atoms with Crippen molar-refractivity contribution >= 4 is 5.82 Å². The SMILES string of the molecule is COc1cccc(OC)c1-c1nn(C)c(N)c1C#N. The van der Waals surface area contributed by atoms with Crippen LogP contribution < -0.4 is 15.2 Å². The Morgan fingerprint density at radius 1 is 1.26 bits per heavy atom. The monoisotopic (exact) mass is 258 g/mol. The Morgan fingerprint density at radius 2 is 1.84 bits per heavy atom. The number of nitrogen functional groups attached to an aromatic ring is 1. The van der Waals surface area contributed by atoms with Crippen LogP contribution in [0.2, 0.25) is 0 Å². The van der Waals surface area contributed by atoms with Crippen LogP contribution in [-0.4, -0.2) is 24.0 Å². The van der Waals surface area contributed by atoms with Gasteiger partial charge in [-0.3, -0.25) is 4.68 Å². The second-order valence-electron chi connectivity index (χ2n) is 3.88. The average molecular weight is 258 g/mol. The number of hydrogen-bond acceptors (Lipinski definition) is 5. The minimum absolute atomic E-state index is 0.310. The Morgan fingerprint density at radius 3 is 2.32 bits per heavy atom. The number of nitrogens with zero attached hydrogens (tertiary/aromatic N) is 3. The highest BCUT2D eigenvalue weighted by Crippen LogP contribution is 2.40. The van der Waals surface area contributed by atoms with Gasteiger partial charge in [-0.2, -0.15) is 10.4 Å². The first kappa shape index (κ1) is 12.8. The smallest absolute Gasteiger partial charge is 0.140 e. The Bertz CT molecular complexity index is 633. The van der Waals surface area contributed by atoms with E-state index in [0.29, 0.717) is 34.1 Å². The summed E-state index contributed by atoms with van der Waals surface area (Å²) in [7, 11) is 4.79. The van der Waals surface area contributed by atoms with Crippen LogP contribution in [0.3, 0.4) is 0 Å². The summed E-state index contributed by atoms with van der Waals surface area (Å²) in [6.07, 6.45) is 0. The van der Waals surface area contributed by atoms with Gasteiger partial charge in [0.05, 0.1) is 19.8 Å². The fourth-order valence-corrected chi connectivity index (χ4v) is 1.91. The lowest BCUT2D eigenvalue weighted by Gasteiger charge is -2.11. The van der Waals surface area contributed by atoms with E-state index in [4.69, 9.17) is 15.2 Å². The van der Waals surface area contributed by atoms with Gasteiger partial charge in [0, 0.05) is 7.05 Å². The van der Waals surface area contributed by atoms with Crippen molar-refractivity contribution in [3.05, 3.63) is 23.8 Å². The molecule has 0 aliphatic carbocycles. The van der Waals surface area contributed by atoms with E-state index in [1.54, 1.807) is 39.5 Å². The third kappa shape index (κ3) is 1.95. The number of rotatable bonds is 3. The molecule has 6 heteroatoms. The van der Waals surface area contributed by atoms with Gasteiger partial charge in [0.2, 0.25) is 0 Å². The molecule has 2 rings (SSSR count). The highest BCUT2D eigenvalue weighted by molar-refractivity contribution is 5.81. The summed E-state index contributed by atoms with van der Waals surface area (Å²) in [4.78, 5) is 0. The predicted octanol–water partition coefficient (Wildman–Crippen LogP) is 1.56. The molecule has 0 spiro atoms. The molecule has 1 heterocycles. The van der Waals surface area contributed by atoms with Crippen molar-refractivity contribution in [2.75, 3.05) is 20.0 Å². The maximum absolute atomic E-state index is 9.24. The molecule has 1 aromatic heterocycles. The molecular weight excluding hydrogens is 244 g/mol. The molecule has 0 fully saturated rings. The molecule has 98 valence electrons. The van der Waals surface area contributed by atoms with Crippen LogP contribution in [0.15, 0.2) is 18.2 Å². The summed E-state index contributed by atoms with van der Waals surface area (Å²) < 4.78 is 12.1. The molecule has 0 saturated heterocycles. The molecule has 0 aliphatic rings. The van der Waals surface area contributed by atoms with Crippen LogP contribution in [0.25, 0.3) is 11.3 Å². The number of methoxy groups -OCH3 is 2. The van der Waals surface area contributed by atoms with E-state index in [1.807, 2.05) is 0 Å². The minimum atomic E-state index is 0.310. The Balaban J connectivity index is 2.79. The summed E-state index contributed by atoms with van der Waals surface area (Å²) in [5.41, 5.74) is 7.22. The number of nitrogens with two attached hydrogens (primary N) is 1. The van der Waals surface area contributed by atoms with Crippen molar-refractivity contribution in [3.8, 4) is 28.8 Å². The fraction of sp³-hybridized carbons (Fsp3) is 0.231. The lowest BCUT2D eigenvalue weighted by molar-refractivity contribution is 0.397. The minimum Gasteiger partial charge on any atom is -0.496 e. The summed E-state index contributed by atoms with van der Waals surface area (Å²) >= 11 is 0. The Kier molecular flexibility index (Phi) is 3.29. The van der Waals surface area contributed by atoms with Gasteiger partial charge in [0.25, 0.3) is 0 Å². The van der Waals surface area contributed by atoms with Crippen LogP contribution in [0, 0.1) is 11.3 Å². The molecule has 0 bridgehead atoms. The first-order chi connectivity index (χ1) is 9.13. The van der Waals surface area contributed by atoms with Crippen molar-refractivity contribution in [2.45, 2.75) is 0 Å². The predicted molar refractivity (Wildman–Crippen MR) is 70.9 cm³/mol. The van der Waals surface area contributed by atoms with E-state index >= 15 is 0 Å². The van der Waals surface area contributed by atoms with Gasteiger partial charge in [-0.25, -0.2) is 0 Å². The zero-order valence-corrected chi connectivity index (χ0v) is 11.0. The normalized spacial score (nSPS) is 10.0. The highest BCUT2D eigenvalue weighted by atomic mass is 16.5. The van der Waals surface area contributed by atoms with Gasteiger partial charge in [0.15, 0.2) is 0 Å². The standard InChI is InChI=1S/C13H14N4O2/c1-17-13(15)8(7-14)12(16-17)11-9(18-2)5-4-6-10(11)19-3/h4-6H,15H2,1-3H3. The van der Waals surface area contributed by atoms with Crippen LogP contribution in [0.1, 0.15) is 5.56 Å². The van der Waals surface area contributed by atoms with Crippen molar-refractivity contribution in [1.82, 2.24) is 9.78 Å². The molecule has 0 unspecified atom stereocenters. The van der Waals surface area contributed by atoms with Crippen molar-refractivity contribution in [2.24, 2.45) is 7.05 Å². The molecule has 1 aromatic carbocycles. The molecule has 0 saturated carbocycles. The summed E-state index contributed by atoms with van der Waals surface area (Å²) in [5.74, 6) is 1.47. The topological polar surface area (TPSA) is 86.1 Å². The van der Waals surface area contributed by atoms with Gasteiger partial charge in [0.1, 0.15) is 34.6 Å². The first-order valence-electron chi connectivity index (χ1n) is 5.58. The molecular formula is C13H14N4O2. The number of nitriles is 1. The maximum atomic E-state index is 9.24. The largest absolute Gasteiger partial charge is 0.496 e. The molecule has 0 radical (unpaired) electrons. The van der Waals surface area contributed by atoms with E-state index in [2.05, 4.69) is 11.2 Å². The lowest BCUT2D eigenvalue weighted by atomic mass is 10.1. The number of aromatic nitrogens is 2. The third-order valence-electron chi connectivity index (χ3n) is 2.87. The Hall–Kier alpha value is -2.68. The number of ether oxygens (including phenoxy) is 2. The molecule has 2 N–H and O–H groups in total. The lowest BCUT2D eigenvalue weighted by Crippen LogP contribution is -1.98. The van der Waals surface area contributed by atoms with Gasteiger partial charge in [-0.1, -0.05) is 6.07 Å². The van der Waals surface area contributed by atoms with Crippen LogP contribution in [-0.2, 0) is 7.05 Å². The maximum Gasteiger partial charge on any atom is 0.140 e. The summed E-state index contributed by atoms with van der Waals surface area (Å²) in [6.45, 7) is 0. The molecule has 6 nitrogen and oxygen atoms in total. The Labute approximate surface area is 111 Å². The van der Waals surface area contributed by atoms with Gasteiger partial charge >= 0.3 is 0 Å². The quantitative estimate of drug-likeness (QED) is 0.902. The second kappa shape index (κ2) is 4.90. The van der Waals surface area contributed by atoms with Crippen LogP contribution >= 0.6 is 0 Å². The number of aryl methyl sites for hydroxylation is 1. The van der Waals surface area contributed by atoms with Gasteiger partial charge in [-0.05, 0) is 12.1 Å². The number of hydrogen-bond donors (Lipinski definition) is 1. The van der Waals surface area contributed by atoms with Crippen molar-refractivity contribution in [3.63, 3.8) is 0 Å². The van der Waals surface area contributed by atoms with Crippen LogP contribution in [0.4, 0.5) is 5.82 Å². The zero-order chi connectivity index (χ0) is 14.0. The molecule has 2 aromatic rings. The van der Waals surface area contributed by atoms with E-state index in [0.717, 1.165) is 0 Å². The molecule has 0 atom stereocenters. The highest BCUT2D eigenvalue weighted by Gasteiger charge is 2.22. The third-order valence-corrected chi connectivity index (χ3v) is 2.87. The summed E-state index contributed by atoms with van der Waals surface area (Å²) in [6, 6.07) is 7.43. The first-order valence-corrected chi connectivity index (χ1v) is 5.58. The van der Waals surface area contributed by atoms with Crippen molar-refractivity contribution < 1.29 is 9.47 Å². The van der Waals surface area contributed by atoms with Crippen LogP contribution in [0.5, 0.6) is 11.5 Å². The zero-order valence-electron chi connectivity index (χ0n) is 11.0. The van der Waals surface area contributed by atoms with E-state index < -0.39 is 0 Å². The second-order valence-corrected chi connectivity index (χ2v) is 3.88. The van der Waals surface area contributed by atoms with Crippen molar-refractivity contribution in [1.29, 1.82) is 5.26 Å². The van der Waals surface area contributed by atoms with E-state index in [1.165, 1.54) is 4.68 Å². The fourth-order valence-electron chi connectivity index (χ4n) is 1.91. The number of benzene rings is 1. The average Bonchev–Trinajstić information content (AvgIpc) is 2.72.